The second-order valence-electron chi connectivity index (χ2n) is 6.18. The van der Waals surface area contributed by atoms with Crippen LogP contribution in [-0.4, -0.2) is 53.2 Å². The first-order valence-corrected chi connectivity index (χ1v) is 8.69. The predicted molar refractivity (Wildman–Crippen MR) is 97.0 cm³/mol. The number of hydrogen-bond donors (Lipinski definition) is 3. The maximum atomic E-state index is 14.1. The van der Waals surface area contributed by atoms with E-state index in [-0.39, 0.29) is 17.7 Å². The number of benzene rings is 1. The highest BCUT2D eigenvalue weighted by molar-refractivity contribution is 6.02. The van der Waals surface area contributed by atoms with Crippen LogP contribution >= 0.6 is 0 Å². The van der Waals surface area contributed by atoms with Crippen LogP contribution in [0.1, 0.15) is 29.9 Å². The minimum absolute atomic E-state index is 0.0886. The third kappa shape index (κ3) is 4.68. The van der Waals surface area contributed by atoms with Crippen molar-refractivity contribution in [1.29, 1.82) is 0 Å². The first-order chi connectivity index (χ1) is 12.4. The third-order valence-electron chi connectivity index (χ3n) is 4.39. The van der Waals surface area contributed by atoms with Gasteiger partial charge in [-0.1, -0.05) is 13.8 Å². The summed E-state index contributed by atoms with van der Waals surface area (Å²) in [7, 11) is 0. The van der Waals surface area contributed by atoms with Gasteiger partial charge in [-0.25, -0.2) is 8.78 Å². The van der Waals surface area contributed by atoms with Crippen molar-refractivity contribution >= 4 is 5.91 Å². The SMILES string of the molecule is CCN(CC)CC(O)CNC(=O)c1c(-c2ccc(F)cc2F)c[nH]c1C. The van der Waals surface area contributed by atoms with Crippen LogP contribution < -0.4 is 5.32 Å². The average Bonchev–Trinajstić information content (AvgIpc) is 2.99. The van der Waals surface area contributed by atoms with E-state index in [1.54, 1.807) is 6.92 Å². The Hall–Kier alpha value is -2.25. The summed E-state index contributed by atoms with van der Waals surface area (Å²) >= 11 is 0. The highest BCUT2D eigenvalue weighted by atomic mass is 19.1. The Morgan fingerprint density at radius 2 is 1.96 bits per heavy atom. The van der Waals surface area contributed by atoms with Gasteiger partial charge in [0.15, 0.2) is 0 Å². The summed E-state index contributed by atoms with van der Waals surface area (Å²) in [6.45, 7) is 7.87. The lowest BCUT2D eigenvalue weighted by molar-refractivity contribution is 0.0869. The van der Waals surface area contributed by atoms with Crippen molar-refractivity contribution in [3.8, 4) is 11.1 Å². The number of amides is 1. The number of aliphatic hydroxyl groups excluding tert-OH is 1. The molecule has 0 aliphatic carbocycles. The lowest BCUT2D eigenvalue weighted by Crippen LogP contribution is -2.40. The molecular formula is C19H25F2N3O2. The van der Waals surface area contributed by atoms with Crippen molar-refractivity contribution in [2.45, 2.75) is 26.9 Å². The van der Waals surface area contributed by atoms with Gasteiger partial charge in [-0.3, -0.25) is 4.79 Å². The third-order valence-corrected chi connectivity index (χ3v) is 4.39. The molecule has 0 saturated heterocycles. The lowest BCUT2D eigenvalue weighted by atomic mass is 10.0. The van der Waals surface area contributed by atoms with Gasteiger partial charge >= 0.3 is 0 Å². The summed E-state index contributed by atoms with van der Waals surface area (Å²) in [6, 6.07) is 3.24. The monoisotopic (exact) mass is 365 g/mol. The maximum absolute atomic E-state index is 14.1. The van der Waals surface area contributed by atoms with Crippen LogP contribution in [0.4, 0.5) is 8.78 Å². The number of hydrogen-bond acceptors (Lipinski definition) is 3. The van der Waals surface area contributed by atoms with Gasteiger partial charge in [0, 0.05) is 42.2 Å². The Morgan fingerprint density at radius 1 is 1.27 bits per heavy atom. The van der Waals surface area contributed by atoms with Crippen LogP contribution in [0.5, 0.6) is 0 Å². The predicted octanol–water partition coefficient (Wildman–Crippen LogP) is 2.70. The van der Waals surface area contributed by atoms with E-state index >= 15 is 0 Å². The molecule has 0 aliphatic heterocycles. The van der Waals surface area contributed by atoms with E-state index in [4.69, 9.17) is 0 Å². The molecule has 3 N–H and O–H groups in total. The fourth-order valence-electron chi connectivity index (χ4n) is 2.88. The molecule has 0 bridgehead atoms. The molecule has 1 amide bonds. The molecule has 0 spiro atoms. The number of carbonyl (C=O) groups excluding carboxylic acids is 1. The van der Waals surface area contributed by atoms with Gasteiger partial charge in [0.05, 0.1) is 11.7 Å². The summed E-state index contributed by atoms with van der Waals surface area (Å²) < 4.78 is 27.2. The molecule has 1 heterocycles. The quantitative estimate of drug-likeness (QED) is 0.674. The van der Waals surface area contributed by atoms with E-state index in [9.17, 15) is 18.7 Å². The molecule has 0 radical (unpaired) electrons. The van der Waals surface area contributed by atoms with Crippen LogP contribution in [0.15, 0.2) is 24.4 Å². The molecule has 0 aliphatic rings. The van der Waals surface area contributed by atoms with Gasteiger partial charge in [0.25, 0.3) is 5.91 Å². The summed E-state index contributed by atoms with van der Waals surface area (Å²) in [6.07, 6.45) is 0.816. The van der Waals surface area contributed by atoms with Crippen molar-refractivity contribution < 1.29 is 18.7 Å². The molecule has 5 nitrogen and oxygen atoms in total. The Morgan fingerprint density at radius 3 is 2.58 bits per heavy atom. The van der Waals surface area contributed by atoms with Crippen molar-refractivity contribution in [2.75, 3.05) is 26.2 Å². The Balaban J connectivity index is 2.14. The first-order valence-electron chi connectivity index (χ1n) is 8.69. The number of aromatic nitrogens is 1. The number of aliphatic hydroxyl groups is 1. The number of rotatable bonds is 8. The van der Waals surface area contributed by atoms with E-state index in [1.165, 1.54) is 12.3 Å². The Kier molecular flexibility index (Phi) is 6.88. The maximum Gasteiger partial charge on any atom is 0.253 e. The molecule has 0 fully saturated rings. The van der Waals surface area contributed by atoms with Crippen molar-refractivity contribution in [3.05, 3.63) is 47.3 Å². The number of likely N-dealkylation sites (N-methyl/N-ethyl adjacent to an activating group) is 1. The van der Waals surface area contributed by atoms with E-state index in [0.717, 1.165) is 25.2 Å². The molecule has 1 aromatic heterocycles. The number of nitrogens with one attached hydrogen (secondary N) is 2. The van der Waals surface area contributed by atoms with Gasteiger partial charge in [0.2, 0.25) is 0 Å². The van der Waals surface area contributed by atoms with Crippen LogP contribution in [0.2, 0.25) is 0 Å². The van der Waals surface area contributed by atoms with Crippen molar-refractivity contribution in [3.63, 3.8) is 0 Å². The standard InChI is InChI=1S/C19H25F2N3O2/c1-4-24(5-2)11-14(25)9-23-19(26)18-12(3)22-10-16(18)15-7-6-13(20)8-17(15)21/h6-8,10,14,22,25H,4-5,9,11H2,1-3H3,(H,23,26). The zero-order valence-corrected chi connectivity index (χ0v) is 15.3. The highest BCUT2D eigenvalue weighted by Gasteiger charge is 2.21. The Bertz CT molecular complexity index is 757. The molecule has 26 heavy (non-hydrogen) atoms. The number of H-pyrrole nitrogens is 1. The van der Waals surface area contributed by atoms with Crippen LogP contribution in [0, 0.1) is 18.6 Å². The second-order valence-corrected chi connectivity index (χ2v) is 6.18. The molecular weight excluding hydrogens is 340 g/mol. The van der Waals surface area contributed by atoms with Crippen molar-refractivity contribution in [1.82, 2.24) is 15.2 Å². The number of halogens is 2. The molecule has 1 atom stereocenters. The number of nitrogens with zero attached hydrogens (tertiary/aromatic N) is 1. The molecule has 7 heteroatoms. The molecule has 1 aromatic carbocycles. The number of aromatic amines is 1. The minimum Gasteiger partial charge on any atom is -0.390 e. The summed E-state index contributed by atoms with van der Waals surface area (Å²) in [5, 5.41) is 12.8. The minimum atomic E-state index is -0.736. The van der Waals surface area contributed by atoms with Crippen LogP contribution in [-0.2, 0) is 0 Å². The second kappa shape index (κ2) is 8.91. The van der Waals surface area contributed by atoms with E-state index < -0.39 is 23.6 Å². The molecule has 0 saturated carbocycles. The van der Waals surface area contributed by atoms with Gasteiger partial charge in [-0.2, -0.15) is 0 Å². The van der Waals surface area contributed by atoms with Crippen molar-refractivity contribution in [2.24, 2.45) is 0 Å². The van der Waals surface area contributed by atoms with Gasteiger partial charge in [-0.05, 0) is 32.1 Å². The molecule has 1 unspecified atom stereocenters. The zero-order valence-electron chi connectivity index (χ0n) is 15.3. The van der Waals surface area contributed by atoms with Crippen LogP contribution in [0.25, 0.3) is 11.1 Å². The first kappa shape index (κ1) is 20.1. The number of carbonyl (C=O) groups is 1. The lowest BCUT2D eigenvalue weighted by Gasteiger charge is -2.22. The molecule has 142 valence electrons. The summed E-state index contributed by atoms with van der Waals surface area (Å²) in [5.41, 5.74) is 1.35. The molecule has 2 aromatic rings. The number of aryl methyl sites for hydroxylation is 1. The highest BCUT2D eigenvalue weighted by Crippen LogP contribution is 2.28. The van der Waals surface area contributed by atoms with Crippen LogP contribution in [0.3, 0.4) is 0 Å². The fourth-order valence-corrected chi connectivity index (χ4v) is 2.88. The largest absolute Gasteiger partial charge is 0.390 e. The summed E-state index contributed by atoms with van der Waals surface area (Å²) in [4.78, 5) is 17.5. The Labute approximate surface area is 152 Å². The topological polar surface area (TPSA) is 68.4 Å². The van der Waals surface area contributed by atoms with Gasteiger partial charge < -0.3 is 20.3 Å². The normalized spacial score (nSPS) is 12.4. The fraction of sp³-hybridized carbons (Fsp3) is 0.421. The van der Waals surface area contributed by atoms with E-state index in [1.807, 2.05) is 13.8 Å². The molecule has 2 rings (SSSR count). The smallest absolute Gasteiger partial charge is 0.253 e. The zero-order chi connectivity index (χ0) is 19.3. The van der Waals surface area contributed by atoms with Gasteiger partial charge in [0.1, 0.15) is 11.6 Å². The van der Waals surface area contributed by atoms with E-state index in [0.29, 0.717) is 17.8 Å². The average molecular weight is 365 g/mol. The van der Waals surface area contributed by atoms with Gasteiger partial charge in [-0.15, -0.1) is 0 Å². The van der Waals surface area contributed by atoms with E-state index in [2.05, 4.69) is 15.2 Å². The summed E-state index contributed by atoms with van der Waals surface area (Å²) in [5.74, 6) is -1.83.